The van der Waals surface area contributed by atoms with E-state index in [0.717, 1.165) is 38.5 Å². The summed E-state index contributed by atoms with van der Waals surface area (Å²) in [5, 5.41) is 2.83. The summed E-state index contributed by atoms with van der Waals surface area (Å²) in [4.78, 5) is 37.8. The van der Waals surface area contributed by atoms with Crippen LogP contribution in [0.15, 0.2) is 0 Å². The minimum absolute atomic E-state index is 0.0314. The second-order valence-corrected chi connectivity index (χ2v) is 6.36. The zero-order chi connectivity index (χ0) is 14.1. The minimum Gasteiger partial charge on any atom is -0.347 e. The maximum Gasteiger partial charge on any atom is 0.289 e. The molecule has 5 heteroatoms. The highest BCUT2D eigenvalue weighted by Gasteiger charge is 2.41. The van der Waals surface area contributed by atoms with Crippen LogP contribution >= 0.6 is 0 Å². The van der Waals surface area contributed by atoms with Crippen molar-refractivity contribution in [2.45, 2.75) is 63.5 Å². The molecule has 0 aromatic heterocycles. The summed E-state index contributed by atoms with van der Waals surface area (Å²) in [6.45, 7) is 0.659. The van der Waals surface area contributed by atoms with E-state index in [2.05, 4.69) is 5.32 Å². The molecule has 0 aromatic carbocycles. The van der Waals surface area contributed by atoms with Crippen LogP contribution in [0, 0.1) is 5.92 Å². The van der Waals surface area contributed by atoms with Crippen LogP contribution in [0.1, 0.15) is 51.4 Å². The molecule has 1 saturated heterocycles. The van der Waals surface area contributed by atoms with Gasteiger partial charge < -0.3 is 10.2 Å². The summed E-state index contributed by atoms with van der Waals surface area (Å²) < 4.78 is 0. The van der Waals surface area contributed by atoms with Gasteiger partial charge in [0.05, 0.1) is 0 Å². The smallest absolute Gasteiger partial charge is 0.289 e. The predicted octanol–water partition coefficient (Wildman–Crippen LogP) is 1.02. The predicted molar refractivity (Wildman–Crippen MR) is 72.9 cm³/mol. The van der Waals surface area contributed by atoms with Gasteiger partial charge in [-0.3, -0.25) is 14.4 Å². The van der Waals surface area contributed by atoms with Crippen LogP contribution in [-0.2, 0) is 14.4 Å². The van der Waals surface area contributed by atoms with Crippen molar-refractivity contribution in [1.82, 2.24) is 10.2 Å². The summed E-state index contributed by atoms with van der Waals surface area (Å²) >= 11 is 0. The van der Waals surface area contributed by atoms with Gasteiger partial charge in [-0.1, -0.05) is 12.8 Å². The molecule has 1 N–H and O–H groups in total. The number of rotatable bonds is 5. The average molecular weight is 278 g/mol. The van der Waals surface area contributed by atoms with E-state index >= 15 is 0 Å². The van der Waals surface area contributed by atoms with Gasteiger partial charge in [0.2, 0.25) is 11.7 Å². The highest BCUT2D eigenvalue weighted by molar-refractivity contribution is 6.38. The first-order valence-electron chi connectivity index (χ1n) is 7.79. The minimum atomic E-state index is -0.510. The molecule has 0 bridgehead atoms. The fraction of sp³-hybridized carbons (Fsp3) is 0.800. The zero-order valence-corrected chi connectivity index (χ0v) is 11.8. The molecule has 2 aliphatic carbocycles. The molecule has 2 amide bonds. The van der Waals surface area contributed by atoms with Gasteiger partial charge in [0.15, 0.2) is 0 Å². The quantitative estimate of drug-likeness (QED) is 0.763. The second kappa shape index (κ2) is 5.54. The lowest BCUT2D eigenvalue weighted by molar-refractivity contribution is -0.143. The molecule has 3 rings (SSSR count). The van der Waals surface area contributed by atoms with Crippen molar-refractivity contribution in [3.8, 4) is 0 Å². The third-order valence-corrected chi connectivity index (χ3v) is 4.70. The highest BCUT2D eigenvalue weighted by atomic mass is 16.2. The Balaban J connectivity index is 1.59. The number of carbonyl (C=O) groups excluding carboxylic acids is 3. The van der Waals surface area contributed by atoms with Crippen molar-refractivity contribution in [1.29, 1.82) is 0 Å². The maximum atomic E-state index is 12.3. The van der Waals surface area contributed by atoms with Crippen LogP contribution in [0.2, 0.25) is 0 Å². The third kappa shape index (κ3) is 2.86. The molecule has 2 saturated carbocycles. The Morgan fingerprint density at radius 1 is 1.10 bits per heavy atom. The largest absolute Gasteiger partial charge is 0.347 e. The number of nitrogens with zero attached hydrogens (tertiary/aromatic N) is 1. The van der Waals surface area contributed by atoms with Crippen molar-refractivity contribution in [2.24, 2.45) is 5.92 Å². The standard InChI is InChI=1S/C15H22N2O3/c18-13-8-7-12(17(13)9-10-5-6-10)14(19)15(20)16-11-3-1-2-4-11/h10-12H,1-9H2,(H,16,20). The lowest BCUT2D eigenvalue weighted by Crippen LogP contribution is -2.48. The molecule has 3 aliphatic rings. The van der Waals surface area contributed by atoms with Gasteiger partial charge in [0, 0.05) is 19.0 Å². The van der Waals surface area contributed by atoms with Crippen LogP contribution in [0.4, 0.5) is 0 Å². The topological polar surface area (TPSA) is 66.5 Å². The molecule has 1 unspecified atom stereocenters. The van der Waals surface area contributed by atoms with Crippen LogP contribution in [0.25, 0.3) is 0 Å². The fourth-order valence-electron chi connectivity index (χ4n) is 3.29. The van der Waals surface area contributed by atoms with Crippen molar-refractivity contribution in [3.05, 3.63) is 0 Å². The van der Waals surface area contributed by atoms with Gasteiger partial charge in [-0.25, -0.2) is 0 Å². The summed E-state index contributed by atoms with van der Waals surface area (Å²) in [5.41, 5.74) is 0. The van der Waals surface area contributed by atoms with Gasteiger partial charge >= 0.3 is 0 Å². The normalized spacial score (nSPS) is 27.1. The Hall–Kier alpha value is -1.39. The van der Waals surface area contributed by atoms with Crippen molar-refractivity contribution in [2.75, 3.05) is 6.54 Å². The van der Waals surface area contributed by atoms with E-state index in [1.807, 2.05) is 0 Å². The molecular weight excluding hydrogens is 256 g/mol. The van der Waals surface area contributed by atoms with E-state index in [4.69, 9.17) is 0 Å². The Morgan fingerprint density at radius 3 is 2.45 bits per heavy atom. The van der Waals surface area contributed by atoms with E-state index in [0.29, 0.717) is 25.3 Å². The summed E-state index contributed by atoms with van der Waals surface area (Å²) in [6, 6.07) is -0.357. The number of Topliss-reactive ketones (excluding diaryl/α,β-unsaturated/α-hetero) is 1. The fourth-order valence-corrected chi connectivity index (χ4v) is 3.29. The van der Waals surface area contributed by atoms with Crippen LogP contribution in [0.5, 0.6) is 0 Å². The number of likely N-dealkylation sites (tertiary alicyclic amines) is 1. The lowest BCUT2D eigenvalue weighted by Gasteiger charge is -2.23. The Kier molecular flexibility index (Phi) is 3.76. The molecule has 1 atom stereocenters. The highest BCUT2D eigenvalue weighted by Crippen LogP contribution is 2.33. The number of carbonyl (C=O) groups is 3. The molecule has 0 aromatic rings. The number of nitrogens with one attached hydrogen (secondary N) is 1. The maximum absolute atomic E-state index is 12.3. The third-order valence-electron chi connectivity index (χ3n) is 4.70. The Labute approximate surface area is 119 Å². The van der Waals surface area contributed by atoms with Gasteiger partial charge in [-0.2, -0.15) is 0 Å². The molecule has 20 heavy (non-hydrogen) atoms. The molecule has 1 aliphatic heterocycles. The first kappa shape index (κ1) is 13.6. The Morgan fingerprint density at radius 2 is 1.80 bits per heavy atom. The van der Waals surface area contributed by atoms with E-state index in [-0.39, 0.29) is 11.9 Å². The van der Waals surface area contributed by atoms with E-state index in [9.17, 15) is 14.4 Å². The summed E-state index contributed by atoms with van der Waals surface area (Å²) in [6.07, 6.45) is 7.35. The van der Waals surface area contributed by atoms with Crippen molar-refractivity contribution in [3.63, 3.8) is 0 Å². The van der Waals surface area contributed by atoms with Gasteiger partial charge in [-0.05, 0) is 38.0 Å². The average Bonchev–Trinajstić information content (AvgIpc) is 2.97. The first-order valence-corrected chi connectivity index (χ1v) is 7.79. The SMILES string of the molecule is O=C(NC1CCCC1)C(=O)C1CCC(=O)N1CC1CC1. The molecule has 110 valence electrons. The molecule has 5 nitrogen and oxygen atoms in total. The summed E-state index contributed by atoms with van der Waals surface area (Å²) in [7, 11) is 0. The number of hydrogen-bond acceptors (Lipinski definition) is 3. The molecule has 3 fully saturated rings. The van der Waals surface area contributed by atoms with Crippen LogP contribution in [0.3, 0.4) is 0 Å². The molecule has 0 radical (unpaired) electrons. The Bertz CT molecular complexity index is 425. The van der Waals surface area contributed by atoms with Gasteiger partial charge in [0.1, 0.15) is 6.04 Å². The monoisotopic (exact) mass is 278 g/mol. The lowest BCUT2D eigenvalue weighted by atomic mass is 10.1. The molecular formula is C15H22N2O3. The zero-order valence-electron chi connectivity index (χ0n) is 11.8. The van der Waals surface area contributed by atoms with Gasteiger partial charge in [-0.15, -0.1) is 0 Å². The van der Waals surface area contributed by atoms with E-state index < -0.39 is 17.7 Å². The van der Waals surface area contributed by atoms with E-state index in [1.165, 1.54) is 0 Å². The van der Waals surface area contributed by atoms with Crippen LogP contribution < -0.4 is 5.32 Å². The van der Waals surface area contributed by atoms with Crippen molar-refractivity contribution < 1.29 is 14.4 Å². The molecule has 0 spiro atoms. The van der Waals surface area contributed by atoms with Gasteiger partial charge in [0.25, 0.3) is 5.91 Å². The van der Waals surface area contributed by atoms with Crippen LogP contribution in [-0.4, -0.2) is 41.1 Å². The molecule has 1 heterocycles. The second-order valence-electron chi connectivity index (χ2n) is 6.36. The number of ketones is 1. The number of hydrogen-bond donors (Lipinski definition) is 1. The number of amides is 2. The van der Waals surface area contributed by atoms with E-state index in [1.54, 1.807) is 4.90 Å². The van der Waals surface area contributed by atoms with Crippen molar-refractivity contribution >= 4 is 17.6 Å². The first-order chi connectivity index (χ1) is 9.65. The summed E-state index contributed by atoms with van der Waals surface area (Å²) in [5.74, 6) is -0.324.